The maximum atomic E-state index is 13.0. The molecule has 2 rings (SSSR count). The van der Waals surface area contributed by atoms with Crippen LogP contribution in [-0.2, 0) is 4.79 Å². The van der Waals surface area contributed by atoms with Crippen molar-refractivity contribution in [2.75, 3.05) is 19.6 Å². The van der Waals surface area contributed by atoms with Crippen LogP contribution in [0.3, 0.4) is 0 Å². The highest BCUT2D eigenvalue weighted by atomic mass is 19.1. The van der Waals surface area contributed by atoms with Gasteiger partial charge in [-0.2, -0.15) is 0 Å². The van der Waals surface area contributed by atoms with Crippen molar-refractivity contribution >= 4 is 11.8 Å². The molecule has 0 spiro atoms. The lowest BCUT2D eigenvalue weighted by molar-refractivity contribution is -0.155. The van der Waals surface area contributed by atoms with Gasteiger partial charge in [-0.1, -0.05) is 19.4 Å². The Bertz CT molecular complexity index is 541. The number of β-amino-alcohol motifs (C(OH)–C–C–N with tert-alkyl or cyclic N) is 1. The SMILES string of the molecule is CCCC1(O)CN(C(=O)CNC(=O)c2cccc(F)c2)C1. The number of carbonyl (C=O) groups excluding carboxylic acids is 2. The molecule has 1 aromatic rings. The minimum Gasteiger partial charge on any atom is -0.386 e. The average Bonchev–Trinajstić information content (AvgIpc) is 2.42. The van der Waals surface area contributed by atoms with Gasteiger partial charge < -0.3 is 15.3 Å². The molecular weight excluding hydrogens is 275 g/mol. The van der Waals surface area contributed by atoms with Crippen molar-refractivity contribution in [3.8, 4) is 0 Å². The largest absolute Gasteiger partial charge is 0.386 e. The molecule has 6 heteroatoms. The number of nitrogens with one attached hydrogen (secondary N) is 1. The fourth-order valence-corrected chi connectivity index (χ4v) is 2.46. The van der Waals surface area contributed by atoms with Crippen LogP contribution in [0, 0.1) is 5.82 Å². The van der Waals surface area contributed by atoms with Crippen molar-refractivity contribution in [3.63, 3.8) is 0 Å². The summed E-state index contributed by atoms with van der Waals surface area (Å²) in [6.45, 7) is 2.42. The van der Waals surface area contributed by atoms with Crippen LogP contribution in [0.4, 0.5) is 4.39 Å². The number of nitrogens with zero attached hydrogens (tertiary/aromatic N) is 1. The van der Waals surface area contributed by atoms with Crippen LogP contribution < -0.4 is 5.32 Å². The maximum Gasteiger partial charge on any atom is 0.251 e. The van der Waals surface area contributed by atoms with E-state index in [2.05, 4.69) is 5.32 Å². The standard InChI is InChI=1S/C15H19FN2O3/c1-2-6-15(21)9-18(10-15)13(19)8-17-14(20)11-4-3-5-12(16)7-11/h3-5,7,21H,2,6,8-10H2,1H3,(H,17,20). The summed E-state index contributed by atoms with van der Waals surface area (Å²) < 4.78 is 13.0. The average molecular weight is 294 g/mol. The number of rotatable bonds is 5. The zero-order valence-electron chi connectivity index (χ0n) is 11.9. The van der Waals surface area contributed by atoms with E-state index in [0.717, 1.165) is 12.5 Å². The van der Waals surface area contributed by atoms with Gasteiger partial charge >= 0.3 is 0 Å². The number of likely N-dealkylation sites (tertiary alicyclic amines) is 1. The first-order valence-corrected chi connectivity index (χ1v) is 6.97. The Morgan fingerprint density at radius 1 is 1.43 bits per heavy atom. The Morgan fingerprint density at radius 3 is 2.76 bits per heavy atom. The minimum atomic E-state index is -0.781. The Morgan fingerprint density at radius 2 is 2.14 bits per heavy atom. The van der Waals surface area contributed by atoms with Crippen molar-refractivity contribution in [2.24, 2.45) is 0 Å². The Hall–Kier alpha value is -1.95. The number of benzene rings is 1. The second-order valence-corrected chi connectivity index (χ2v) is 5.42. The van der Waals surface area contributed by atoms with Gasteiger partial charge in [0.15, 0.2) is 0 Å². The third-order valence-corrected chi connectivity index (χ3v) is 3.53. The topological polar surface area (TPSA) is 69.6 Å². The monoisotopic (exact) mass is 294 g/mol. The summed E-state index contributed by atoms with van der Waals surface area (Å²) in [5.41, 5.74) is -0.606. The third-order valence-electron chi connectivity index (χ3n) is 3.53. The highest BCUT2D eigenvalue weighted by Gasteiger charge is 2.42. The smallest absolute Gasteiger partial charge is 0.251 e. The van der Waals surface area contributed by atoms with E-state index in [9.17, 15) is 19.1 Å². The number of amides is 2. The van der Waals surface area contributed by atoms with Crippen molar-refractivity contribution in [1.29, 1.82) is 0 Å². The summed E-state index contributed by atoms with van der Waals surface area (Å²) in [6, 6.07) is 5.28. The van der Waals surface area contributed by atoms with Gasteiger partial charge in [0, 0.05) is 5.56 Å². The predicted octanol–water partition coefficient (Wildman–Crippen LogP) is 0.929. The van der Waals surface area contributed by atoms with Gasteiger partial charge in [-0.3, -0.25) is 9.59 Å². The lowest BCUT2D eigenvalue weighted by Gasteiger charge is -2.46. The number of halogens is 1. The van der Waals surface area contributed by atoms with Crippen molar-refractivity contribution in [2.45, 2.75) is 25.4 Å². The highest BCUT2D eigenvalue weighted by Crippen LogP contribution is 2.25. The molecular formula is C15H19FN2O3. The molecule has 114 valence electrons. The van der Waals surface area contributed by atoms with E-state index in [0.29, 0.717) is 19.5 Å². The predicted molar refractivity (Wildman–Crippen MR) is 75.2 cm³/mol. The Labute approximate surface area is 122 Å². The Kier molecular flexibility index (Phi) is 4.57. The van der Waals surface area contributed by atoms with Gasteiger partial charge in [0.05, 0.1) is 25.2 Å². The van der Waals surface area contributed by atoms with Crippen LogP contribution in [0.15, 0.2) is 24.3 Å². The normalized spacial score (nSPS) is 16.2. The molecule has 0 aromatic heterocycles. The number of aliphatic hydroxyl groups is 1. The highest BCUT2D eigenvalue weighted by molar-refractivity contribution is 5.96. The summed E-state index contributed by atoms with van der Waals surface area (Å²) in [5, 5.41) is 12.4. The number of hydrogen-bond acceptors (Lipinski definition) is 3. The molecule has 0 radical (unpaired) electrons. The third kappa shape index (κ3) is 3.78. The molecule has 1 saturated heterocycles. The molecule has 0 atom stereocenters. The van der Waals surface area contributed by atoms with Gasteiger partial charge in [0.25, 0.3) is 5.91 Å². The maximum absolute atomic E-state index is 13.0. The fourth-order valence-electron chi connectivity index (χ4n) is 2.46. The molecule has 0 unspecified atom stereocenters. The van der Waals surface area contributed by atoms with E-state index in [-0.39, 0.29) is 18.0 Å². The summed E-state index contributed by atoms with van der Waals surface area (Å²) in [5.74, 6) is -1.24. The number of hydrogen-bond donors (Lipinski definition) is 2. The van der Waals surface area contributed by atoms with Gasteiger partial charge in [0.2, 0.25) is 5.91 Å². The molecule has 2 N–H and O–H groups in total. The van der Waals surface area contributed by atoms with Crippen LogP contribution in [0.1, 0.15) is 30.1 Å². The molecule has 5 nitrogen and oxygen atoms in total. The zero-order chi connectivity index (χ0) is 15.5. The van der Waals surface area contributed by atoms with E-state index >= 15 is 0 Å². The lowest BCUT2D eigenvalue weighted by atomic mass is 9.89. The molecule has 1 heterocycles. The van der Waals surface area contributed by atoms with E-state index in [1.54, 1.807) is 0 Å². The second kappa shape index (κ2) is 6.22. The Balaban J connectivity index is 1.79. The van der Waals surface area contributed by atoms with Gasteiger partial charge in [-0.25, -0.2) is 4.39 Å². The fraction of sp³-hybridized carbons (Fsp3) is 0.467. The minimum absolute atomic E-state index is 0.155. The quantitative estimate of drug-likeness (QED) is 0.849. The van der Waals surface area contributed by atoms with Crippen molar-refractivity contribution < 1.29 is 19.1 Å². The molecule has 0 aliphatic carbocycles. The lowest BCUT2D eigenvalue weighted by Crippen LogP contribution is -2.64. The molecule has 1 aliphatic rings. The van der Waals surface area contributed by atoms with Gasteiger partial charge in [-0.05, 0) is 24.6 Å². The van der Waals surface area contributed by atoms with E-state index < -0.39 is 17.3 Å². The zero-order valence-corrected chi connectivity index (χ0v) is 11.9. The molecule has 21 heavy (non-hydrogen) atoms. The van der Waals surface area contributed by atoms with Gasteiger partial charge in [0.1, 0.15) is 5.82 Å². The van der Waals surface area contributed by atoms with E-state index in [4.69, 9.17) is 0 Å². The van der Waals surface area contributed by atoms with Crippen LogP contribution >= 0.6 is 0 Å². The van der Waals surface area contributed by atoms with Gasteiger partial charge in [-0.15, -0.1) is 0 Å². The molecule has 1 aliphatic heterocycles. The first-order valence-electron chi connectivity index (χ1n) is 6.97. The van der Waals surface area contributed by atoms with Crippen LogP contribution in [0.5, 0.6) is 0 Å². The molecule has 2 amide bonds. The van der Waals surface area contributed by atoms with Crippen molar-refractivity contribution in [3.05, 3.63) is 35.6 Å². The summed E-state index contributed by atoms with van der Waals surface area (Å²) in [6.07, 6.45) is 1.52. The van der Waals surface area contributed by atoms with Crippen LogP contribution in [0.2, 0.25) is 0 Å². The van der Waals surface area contributed by atoms with E-state index in [1.807, 2.05) is 6.92 Å². The van der Waals surface area contributed by atoms with Crippen LogP contribution in [-0.4, -0.2) is 47.1 Å². The number of carbonyl (C=O) groups is 2. The van der Waals surface area contributed by atoms with Crippen LogP contribution in [0.25, 0.3) is 0 Å². The first kappa shape index (κ1) is 15.4. The van der Waals surface area contributed by atoms with Crippen molar-refractivity contribution in [1.82, 2.24) is 10.2 Å². The second-order valence-electron chi connectivity index (χ2n) is 5.42. The molecule has 0 saturated carbocycles. The molecule has 1 fully saturated rings. The molecule has 1 aromatic carbocycles. The summed E-state index contributed by atoms with van der Waals surface area (Å²) >= 11 is 0. The summed E-state index contributed by atoms with van der Waals surface area (Å²) in [4.78, 5) is 25.1. The summed E-state index contributed by atoms with van der Waals surface area (Å²) in [7, 11) is 0. The first-order chi connectivity index (χ1) is 9.93. The van der Waals surface area contributed by atoms with E-state index in [1.165, 1.54) is 23.1 Å². The molecule has 0 bridgehead atoms.